The average Bonchev–Trinajstić information content (AvgIpc) is 2.14. The zero-order valence-corrected chi connectivity index (χ0v) is 10.6. The van der Waals surface area contributed by atoms with Gasteiger partial charge in [-0.1, -0.05) is 44.5 Å². The fraction of sp³-hybridized carbons (Fsp3) is 0.538. The van der Waals surface area contributed by atoms with Gasteiger partial charge in [0.25, 0.3) is 0 Å². The van der Waals surface area contributed by atoms with Crippen molar-refractivity contribution in [2.24, 2.45) is 5.41 Å². The van der Waals surface area contributed by atoms with Crippen molar-refractivity contribution in [2.45, 2.75) is 27.2 Å². The maximum absolute atomic E-state index is 5.82. The van der Waals surface area contributed by atoms with Gasteiger partial charge >= 0.3 is 0 Å². The van der Waals surface area contributed by atoms with Gasteiger partial charge in [-0.15, -0.1) is 0 Å². The van der Waals surface area contributed by atoms with E-state index in [9.17, 15) is 0 Å². The van der Waals surface area contributed by atoms with E-state index in [1.165, 1.54) is 5.56 Å². The maximum Gasteiger partial charge on any atom is 0.0406 e. The molecule has 2 heteroatoms. The number of halogens is 1. The summed E-state index contributed by atoms with van der Waals surface area (Å²) >= 11 is 5.82. The number of nitrogens with one attached hydrogen (secondary N) is 1. The van der Waals surface area contributed by atoms with Crippen LogP contribution in [0.5, 0.6) is 0 Å². The Labute approximate surface area is 97.8 Å². The van der Waals surface area contributed by atoms with Crippen molar-refractivity contribution in [3.63, 3.8) is 0 Å². The van der Waals surface area contributed by atoms with Gasteiger partial charge in [0.1, 0.15) is 0 Å². The Morgan fingerprint density at radius 1 is 1.13 bits per heavy atom. The molecule has 0 aromatic heterocycles. The highest BCUT2D eigenvalue weighted by atomic mass is 35.5. The molecule has 0 aliphatic heterocycles. The Morgan fingerprint density at radius 3 is 2.27 bits per heavy atom. The third kappa shape index (κ3) is 5.81. The molecule has 0 spiro atoms. The lowest BCUT2D eigenvalue weighted by Crippen LogP contribution is -2.28. The molecule has 0 amide bonds. The zero-order valence-electron chi connectivity index (χ0n) is 9.81. The minimum Gasteiger partial charge on any atom is -0.316 e. The molecule has 0 fully saturated rings. The fourth-order valence-electron chi connectivity index (χ4n) is 1.35. The van der Waals surface area contributed by atoms with Crippen LogP contribution < -0.4 is 5.32 Å². The van der Waals surface area contributed by atoms with E-state index >= 15 is 0 Å². The minimum absolute atomic E-state index is 0.361. The van der Waals surface area contributed by atoms with Gasteiger partial charge in [0.2, 0.25) is 0 Å². The van der Waals surface area contributed by atoms with Crippen LogP contribution in [0.25, 0.3) is 0 Å². The molecule has 0 aliphatic rings. The quantitative estimate of drug-likeness (QED) is 0.774. The number of hydrogen-bond donors (Lipinski definition) is 1. The zero-order chi connectivity index (χ0) is 11.3. The molecule has 0 saturated carbocycles. The first-order valence-electron chi connectivity index (χ1n) is 5.42. The summed E-state index contributed by atoms with van der Waals surface area (Å²) in [5.41, 5.74) is 1.70. The lowest BCUT2D eigenvalue weighted by atomic mass is 9.97. The second kappa shape index (κ2) is 5.53. The molecule has 1 aromatic carbocycles. The Balaban J connectivity index is 2.23. The van der Waals surface area contributed by atoms with E-state index in [0.29, 0.717) is 5.41 Å². The standard InChI is InChI=1S/C13H20ClN/c1-13(2,3)10-15-9-8-11-4-6-12(14)7-5-11/h4-7,15H,8-10H2,1-3H3. The van der Waals surface area contributed by atoms with Crippen molar-refractivity contribution in [1.29, 1.82) is 0 Å². The fourth-order valence-corrected chi connectivity index (χ4v) is 1.47. The van der Waals surface area contributed by atoms with Gasteiger partial charge in [-0.05, 0) is 36.1 Å². The molecule has 0 bridgehead atoms. The smallest absolute Gasteiger partial charge is 0.0406 e. The predicted molar refractivity (Wildman–Crippen MR) is 67.5 cm³/mol. The third-order valence-corrected chi connectivity index (χ3v) is 2.41. The van der Waals surface area contributed by atoms with Crippen molar-refractivity contribution in [1.82, 2.24) is 5.32 Å². The molecule has 0 atom stereocenters. The van der Waals surface area contributed by atoms with Gasteiger partial charge in [-0.2, -0.15) is 0 Å². The molecule has 0 aliphatic carbocycles. The van der Waals surface area contributed by atoms with Gasteiger partial charge in [0, 0.05) is 11.6 Å². The van der Waals surface area contributed by atoms with Gasteiger partial charge in [0.15, 0.2) is 0 Å². The van der Waals surface area contributed by atoms with Crippen LogP contribution in [0.1, 0.15) is 26.3 Å². The second-order valence-electron chi connectivity index (χ2n) is 5.11. The highest BCUT2D eigenvalue weighted by molar-refractivity contribution is 6.30. The van der Waals surface area contributed by atoms with E-state index in [2.05, 4.69) is 38.2 Å². The molecule has 1 rings (SSSR count). The summed E-state index contributed by atoms with van der Waals surface area (Å²) in [5, 5.41) is 4.26. The molecule has 0 radical (unpaired) electrons. The van der Waals surface area contributed by atoms with E-state index in [1.54, 1.807) is 0 Å². The lowest BCUT2D eigenvalue weighted by molar-refractivity contribution is 0.381. The first kappa shape index (κ1) is 12.5. The Hall–Kier alpha value is -0.530. The normalized spacial score (nSPS) is 11.7. The van der Waals surface area contributed by atoms with Crippen molar-refractivity contribution in [3.05, 3.63) is 34.9 Å². The summed E-state index contributed by atoms with van der Waals surface area (Å²) in [5.74, 6) is 0. The van der Waals surface area contributed by atoms with Crippen LogP contribution in [0.2, 0.25) is 5.02 Å². The molecule has 1 N–H and O–H groups in total. The van der Waals surface area contributed by atoms with Crippen LogP contribution in [0.15, 0.2) is 24.3 Å². The molecule has 1 nitrogen and oxygen atoms in total. The van der Waals surface area contributed by atoms with Crippen LogP contribution in [-0.4, -0.2) is 13.1 Å². The minimum atomic E-state index is 0.361. The topological polar surface area (TPSA) is 12.0 Å². The second-order valence-corrected chi connectivity index (χ2v) is 5.55. The van der Waals surface area contributed by atoms with E-state index < -0.39 is 0 Å². The summed E-state index contributed by atoms with van der Waals surface area (Å²) in [6.07, 6.45) is 1.06. The SMILES string of the molecule is CC(C)(C)CNCCc1ccc(Cl)cc1. The van der Waals surface area contributed by atoms with Crippen molar-refractivity contribution in [3.8, 4) is 0 Å². The lowest BCUT2D eigenvalue weighted by Gasteiger charge is -2.18. The van der Waals surface area contributed by atoms with Crippen LogP contribution in [0.4, 0.5) is 0 Å². The van der Waals surface area contributed by atoms with Crippen LogP contribution >= 0.6 is 11.6 Å². The molecule has 0 unspecified atom stereocenters. The van der Waals surface area contributed by atoms with Gasteiger partial charge < -0.3 is 5.32 Å². The Kier molecular flexibility index (Phi) is 4.62. The molecule has 1 aromatic rings. The van der Waals surface area contributed by atoms with E-state index in [0.717, 1.165) is 24.5 Å². The van der Waals surface area contributed by atoms with Crippen molar-refractivity contribution >= 4 is 11.6 Å². The van der Waals surface area contributed by atoms with E-state index in [4.69, 9.17) is 11.6 Å². The first-order chi connectivity index (χ1) is 6.97. The predicted octanol–water partition coefficient (Wildman–Crippen LogP) is 3.52. The van der Waals surface area contributed by atoms with Crippen molar-refractivity contribution in [2.75, 3.05) is 13.1 Å². The largest absolute Gasteiger partial charge is 0.316 e. The van der Waals surface area contributed by atoms with Crippen LogP contribution in [0, 0.1) is 5.41 Å². The summed E-state index contributed by atoms with van der Waals surface area (Å²) in [6, 6.07) is 8.06. The molecular formula is C13H20ClN. The number of hydrogen-bond acceptors (Lipinski definition) is 1. The molecular weight excluding hydrogens is 206 g/mol. The Bertz CT molecular complexity index is 284. The number of benzene rings is 1. The van der Waals surface area contributed by atoms with Crippen LogP contribution in [0.3, 0.4) is 0 Å². The first-order valence-corrected chi connectivity index (χ1v) is 5.80. The summed E-state index contributed by atoms with van der Waals surface area (Å²) in [4.78, 5) is 0. The monoisotopic (exact) mass is 225 g/mol. The summed E-state index contributed by atoms with van der Waals surface area (Å²) in [6.45, 7) is 8.80. The van der Waals surface area contributed by atoms with Gasteiger partial charge in [-0.25, -0.2) is 0 Å². The van der Waals surface area contributed by atoms with Gasteiger partial charge in [0.05, 0.1) is 0 Å². The highest BCUT2D eigenvalue weighted by Gasteiger charge is 2.08. The molecule has 0 saturated heterocycles. The average molecular weight is 226 g/mol. The maximum atomic E-state index is 5.82. The van der Waals surface area contributed by atoms with Crippen molar-refractivity contribution < 1.29 is 0 Å². The Morgan fingerprint density at radius 2 is 1.73 bits per heavy atom. The summed E-state index contributed by atoms with van der Waals surface area (Å²) < 4.78 is 0. The number of rotatable bonds is 4. The molecule has 15 heavy (non-hydrogen) atoms. The van der Waals surface area contributed by atoms with Gasteiger partial charge in [-0.3, -0.25) is 0 Å². The molecule has 0 heterocycles. The van der Waals surface area contributed by atoms with E-state index in [-0.39, 0.29) is 0 Å². The summed E-state index contributed by atoms with van der Waals surface area (Å²) in [7, 11) is 0. The highest BCUT2D eigenvalue weighted by Crippen LogP contribution is 2.11. The van der Waals surface area contributed by atoms with E-state index in [1.807, 2.05) is 12.1 Å². The molecule has 84 valence electrons. The third-order valence-electron chi connectivity index (χ3n) is 2.16. The van der Waals surface area contributed by atoms with Crippen LogP contribution in [-0.2, 0) is 6.42 Å².